The van der Waals surface area contributed by atoms with Gasteiger partial charge in [-0.3, -0.25) is 9.76 Å². The summed E-state index contributed by atoms with van der Waals surface area (Å²) in [5, 5.41) is 3.36. The Hall–Kier alpha value is 0.640. The van der Waals surface area contributed by atoms with Crippen molar-refractivity contribution in [1.82, 2.24) is 9.76 Å². The molecule has 13 heavy (non-hydrogen) atoms. The Kier molecular flexibility index (Phi) is 6.49. The molecule has 0 bridgehead atoms. The van der Waals surface area contributed by atoms with Gasteiger partial charge in [-0.15, -0.1) is 0 Å². The van der Waals surface area contributed by atoms with E-state index in [1.54, 1.807) is 0 Å². The molecule has 0 aliphatic rings. The Morgan fingerprint density at radius 2 is 1.38 bits per heavy atom. The second-order valence-corrected chi connectivity index (χ2v) is 6.31. The SMILES string of the molecule is CC(C)NP(Cl)N(C(C)C)C(C)C. The molecule has 0 aliphatic carbocycles. The van der Waals surface area contributed by atoms with Gasteiger partial charge in [-0.2, -0.15) is 0 Å². The van der Waals surface area contributed by atoms with Gasteiger partial charge in [0.15, 0.2) is 0 Å². The maximum atomic E-state index is 6.31. The Bertz CT molecular complexity index is 132. The maximum Gasteiger partial charge on any atom is 0.138 e. The minimum absolute atomic E-state index is 0.448. The zero-order chi connectivity index (χ0) is 10.6. The van der Waals surface area contributed by atoms with E-state index in [0.717, 1.165) is 0 Å². The third-order valence-electron chi connectivity index (χ3n) is 1.63. The standard InChI is InChI=1S/C9H22ClN2P/c1-7(2)11-13(10)12(8(3)4)9(5)6/h7-9,11H,1-6H3. The maximum absolute atomic E-state index is 6.31. The van der Waals surface area contributed by atoms with Crippen LogP contribution < -0.4 is 5.09 Å². The van der Waals surface area contributed by atoms with Gasteiger partial charge in [0.25, 0.3) is 0 Å². The Balaban J connectivity index is 4.20. The van der Waals surface area contributed by atoms with Crippen LogP contribution in [0.15, 0.2) is 0 Å². The van der Waals surface area contributed by atoms with Gasteiger partial charge >= 0.3 is 0 Å². The van der Waals surface area contributed by atoms with E-state index < -0.39 is 7.58 Å². The van der Waals surface area contributed by atoms with Crippen LogP contribution in [0.2, 0.25) is 0 Å². The molecular formula is C9H22ClN2P. The van der Waals surface area contributed by atoms with Crippen LogP contribution in [0, 0.1) is 0 Å². The van der Waals surface area contributed by atoms with Crippen molar-refractivity contribution in [1.29, 1.82) is 0 Å². The molecule has 0 spiro atoms. The largest absolute Gasteiger partial charge is 0.268 e. The molecule has 0 fully saturated rings. The summed E-state index contributed by atoms with van der Waals surface area (Å²) in [4.78, 5) is 0. The Morgan fingerprint density at radius 1 is 1.00 bits per heavy atom. The molecule has 1 N–H and O–H groups in total. The summed E-state index contributed by atoms with van der Waals surface area (Å²) in [5.74, 6) is 0. The fourth-order valence-electron chi connectivity index (χ4n) is 1.28. The van der Waals surface area contributed by atoms with E-state index in [9.17, 15) is 0 Å². The summed E-state index contributed by atoms with van der Waals surface area (Å²) in [6.45, 7) is 13.0. The zero-order valence-corrected chi connectivity index (χ0v) is 11.2. The predicted octanol–water partition coefficient (Wildman–Crippen LogP) is 3.57. The first-order valence-electron chi connectivity index (χ1n) is 4.86. The van der Waals surface area contributed by atoms with Crippen molar-refractivity contribution in [2.24, 2.45) is 0 Å². The van der Waals surface area contributed by atoms with Gasteiger partial charge in [0, 0.05) is 18.1 Å². The molecule has 80 valence electrons. The molecule has 0 aromatic rings. The highest BCUT2D eigenvalue weighted by molar-refractivity contribution is 7.80. The number of rotatable bonds is 5. The number of nitrogens with zero attached hydrogens (tertiary/aromatic N) is 1. The van der Waals surface area contributed by atoms with Crippen molar-refractivity contribution in [2.75, 3.05) is 0 Å². The smallest absolute Gasteiger partial charge is 0.138 e. The number of nitrogens with one attached hydrogen (secondary N) is 1. The Morgan fingerprint density at radius 3 is 1.62 bits per heavy atom. The topological polar surface area (TPSA) is 15.3 Å². The van der Waals surface area contributed by atoms with Crippen LogP contribution in [-0.2, 0) is 0 Å². The van der Waals surface area contributed by atoms with Crippen LogP contribution in [-0.4, -0.2) is 22.8 Å². The van der Waals surface area contributed by atoms with Gasteiger partial charge in [0.2, 0.25) is 0 Å². The lowest BCUT2D eigenvalue weighted by Crippen LogP contribution is -2.36. The number of halogens is 1. The van der Waals surface area contributed by atoms with Crippen molar-refractivity contribution in [2.45, 2.75) is 59.7 Å². The zero-order valence-electron chi connectivity index (χ0n) is 9.50. The van der Waals surface area contributed by atoms with E-state index in [1.165, 1.54) is 0 Å². The third-order valence-corrected chi connectivity index (χ3v) is 4.50. The minimum Gasteiger partial charge on any atom is -0.268 e. The quantitative estimate of drug-likeness (QED) is 0.719. The third kappa shape index (κ3) is 5.17. The molecule has 0 aromatic heterocycles. The summed E-state index contributed by atoms with van der Waals surface area (Å²) in [6.07, 6.45) is 0. The van der Waals surface area contributed by atoms with E-state index in [1.807, 2.05) is 0 Å². The van der Waals surface area contributed by atoms with Gasteiger partial charge in [-0.25, -0.2) is 0 Å². The molecule has 0 saturated heterocycles. The fourth-order valence-corrected chi connectivity index (χ4v) is 4.28. The highest BCUT2D eigenvalue weighted by Crippen LogP contribution is 2.44. The van der Waals surface area contributed by atoms with Crippen molar-refractivity contribution >= 4 is 18.8 Å². The summed E-state index contributed by atoms with van der Waals surface area (Å²) in [6, 6.07) is 1.44. The van der Waals surface area contributed by atoms with Gasteiger partial charge in [-0.05, 0) is 41.5 Å². The monoisotopic (exact) mass is 224 g/mol. The second-order valence-electron chi connectivity index (χ2n) is 4.11. The van der Waals surface area contributed by atoms with Crippen LogP contribution >= 0.6 is 18.8 Å². The van der Waals surface area contributed by atoms with Gasteiger partial charge < -0.3 is 0 Å². The first-order chi connectivity index (χ1) is 5.86. The van der Waals surface area contributed by atoms with Gasteiger partial charge in [0.1, 0.15) is 7.58 Å². The van der Waals surface area contributed by atoms with Gasteiger partial charge in [-0.1, -0.05) is 11.2 Å². The van der Waals surface area contributed by atoms with E-state index in [-0.39, 0.29) is 0 Å². The molecule has 0 heterocycles. The lowest BCUT2D eigenvalue weighted by molar-refractivity contribution is 0.322. The van der Waals surface area contributed by atoms with Crippen LogP contribution in [0.1, 0.15) is 41.5 Å². The van der Waals surface area contributed by atoms with Crippen molar-refractivity contribution in [3.8, 4) is 0 Å². The van der Waals surface area contributed by atoms with Crippen molar-refractivity contribution in [3.05, 3.63) is 0 Å². The van der Waals surface area contributed by atoms with Crippen LogP contribution in [0.3, 0.4) is 0 Å². The Labute approximate surface area is 88.7 Å². The molecule has 0 rings (SSSR count). The van der Waals surface area contributed by atoms with Crippen LogP contribution in [0.5, 0.6) is 0 Å². The lowest BCUT2D eigenvalue weighted by atomic mass is 10.3. The summed E-state index contributed by atoms with van der Waals surface area (Å²) >= 11 is 6.31. The molecule has 0 radical (unpaired) electrons. The molecule has 1 atom stereocenters. The predicted molar refractivity (Wildman–Crippen MR) is 63.2 cm³/mol. The first-order valence-corrected chi connectivity index (χ1v) is 7.06. The lowest BCUT2D eigenvalue weighted by Gasteiger charge is -2.35. The summed E-state index contributed by atoms with van der Waals surface area (Å²) in [7, 11) is -0.707. The van der Waals surface area contributed by atoms with E-state index in [0.29, 0.717) is 18.1 Å². The highest BCUT2D eigenvalue weighted by atomic mass is 35.7. The molecule has 0 saturated carbocycles. The van der Waals surface area contributed by atoms with E-state index in [2.05, 4.69) is 51.3 Å². The molecule has 4 heteroatoms. The minimum atomic E-state index is -0.707. The van der Waals surface area contributed by atoms with E-state index >= 15 is 0 Å². The van der Waals surface area contributed by atoms with Crippen LogP contribution in [0.4, 0.5) is 0 Å². The average molecular weight is 225 g/mol. The van der Waals surface area contributed by atoms with E-state index in [4.69, 9.17) is 11.2 Å². The number of hydrogen-bond acceptors (Lipinski definition) is 2. The van der Waals surface area contributed by atoms with Crippen molar-refractivity contribution < 1.29 is 0 Å². The first kappa shape index (κ1) is 13.6. The molecule has 0 aliphatic heterocycles. The number of hydrogen-bond donors (Lipinski definition) is 1. The summed E-state index contributed by atoms with van der Waals surface area (Å²) < 4.78 is 2.32. The normalized spacial score (nSPS) is 15.0. The average Bonchev–Trinajstić information content (AvgIpc) is 1.81. The highest BCUT2D eigenvalue weighted by Gasteiger charge is 2.22. The molecule has 0 aromatic carbocycles. The molecule has 1 unspecified atom stereocenters. The molecule has 0 amide bonds. The molecular weight excluding hydrogens is 203 g/mol. The second kappa shape index (κ2) is 6.19. The fraction of sp³-hybridized carbons (Fsp3) is 1.00. The summed E-state index contributed by atoms with van der Waals surface area (Å²) in [5.41, 5.74) is 0. The molecule has 2 nitrogen and oxygen atoms in total. The van der Waals surface area contributed by atoms with Crippen LogP contribution in [0.25, 0.3) is 0 Å². The van der Waals surface area contributed by atoms with Crippen molar-refractivity contribution in [3.63, 3.8) is 0 Å². The van der Waals surface area contributed by atoms with Gasteiger partial charge in [0.05, 0.1) is 0 Å².